The highest BCUT2D eigenvalue weighted by atomic mass is 79.9. The quantitative estimate of drug-likeness (QED) is 0.208. The summed E-state index contributed by atoms with van der Waals surface area (Å²) in [6.45, 7) is 0.269. The van der Waals surface area contributed by atoms with Crippen molar-refractivity contribution in [2.75, 3.05) is 12.5 Å². The van der Waals surface area contributed by atoms with E-state index in [1.54, 1.807) is 49.6 Å². The van der Waals surface area contributed by atoms with Gasteiger partial charge in [0.15, 0.2) is 11.5 Å². The Bertz CT molecular complexity index is 1520. The van der Waals surface area contributed by atoms with Crippen LogP contribution in [0.5, 0.6) is 11.5 Å². The Kier molecular flexibility index (Phi) is 8.00. The SMILES string of the molecule is COc1cc(C=NNc2nc(-c3ccccc3)c(C#N)c(=O)[nH]2)cc(Br)c1OCc1ccccc1Cl. The molecule has 0 saturated carbocycles. The number of ether oxygens (including phenoxy) is 2. The Balaban J connectivity index is 1.54. The molecular weight excluding hydrogens is 546 g/mol. The zero-order chi connectivity index (χ0) is 25.5. The number of H-pyrrole nitrogens is 1. The number of benzene rings is 3. The molecule has 0 aliphatic rings. The number of halogens is 2. The third-order valence-electron chi connectivity index (χ3n) is 5.04. The third kappa shape index (κ3) is 5.74. The Hall–Kier alpha value is -4.13. The summed E-state index contributed by atoms with van der Waals surface area (Å²) in [5, 5.41) is 14.2. The summed E-state index contributed by atoms with van der Waals surface area (Å²) in [4.78, 5) is 19.3. The van der Waals surface area contributed by atoms with Crippen LogP contribution in [0.3, 0.4) is 0 Å². The molecule has 0 fully saturated rings. The standard InChI is InChI=1S/C26H19BrClN5O3/c1-35-22-12-16(11-20(27)24(22)36-15-18-9-5-6-10-21(18)28)14-30-33-26-31-23(17-7-3-2-4-8-17)19(13-29)25(34)32-26/h2-12,14H,15H2,1H3,(H2,31,32,33,34). The zero-order valence-corrected chi connectivity index (χ0v) is 21.3. The fourth-order valence-electron chi connectivity index (χ4n) is 3.32. The number of rotatable bonds is 8. The zero-order valence-electron chi connectivity index (χ0n) is 19.0. The molecule has 4 rings (SSSR count). The minimum atomic E-state index is -0.562. The van der Waals surface area contributed by atoms with Crippen LogP contribution in [0.1, 0.15) is 16.7 Å². The van der Waals surface area contributed by atoms with Gasteiger partial charge in [-0.1, -0.05) is 60.1 Å². The Labute approximate surface area is 220 Å². The lowest BCUT2D eigenvalue weighted by Crippen LogP contribution is -2.16. The minimum Gasteiger partial charge on any atom is -0.493 e. The van der Waals surface area contributed by atoms with Crippen LogP contribution in [0.2, 0.25) is 5.02 Å². The summed E-state index contributed by atoms with van der Waals surface area (Å²) >= 11 is 9.74. The van der Waals surface area contributed by atoms with Crippen LogP contribution >= 0.6 is 27.5 Å². The van der Waals surface area contributed by atoms with E-state index in [1.807, 2.05) is 30.3 Å². The van der Waals surface area contributed by atoms with Gasteiger partial charge < -0.3 is 9.47 Å². The second-order valence-electron chi connectivity index (χ2n) is 7.40. The maximum absolute atomic E-state index is 12.4. The number of nitrogens with one attached hydrogen (secondary N) is 2. The second kappa shape index (κ2) is 11.5. The number of nitrogens with zero attached hydrogens (tertiary/aromatic N) is 3. The topological polar surface area (TPSA) is 112 Å². The molecule has 10 heteroatoms. The van der Waals surface area contributed by atoms with Crippen LogP contribution in [-0.4, -0.2) is 23.3 Å². The first kappa shape index (κ1) is 25.0. The van der Waals surface area contributed by atoms with E-state index < -0.39 is 5.56 Å². The van der Waals surface area contributed by atoms with E-state index in [4.69, 9.17) is 21.1 Å². The molecule has 4 aromatic rings. The summed E-state index contributed by atoms with van der Waals surface area (Å²) in [6, 6.07) is 21.9. The fourth-order valence-corrected chi connectivity index (χ4v) is 4.09. The molecule has 1 heterocycles. The monoisotopic (exact) mass is 563 g/mol. The average molecular weight is 565 g/mol. The van der Waals surface area contributed by atoms with Crippen LogP contribution in [0.25, 0.3) is 11.3 Å². The summed E-state index contributed by atoms with van der Waals surface area (Å²) in [7, 11) is 1.54. The maximum Gasteiger partial charge on any atom is 0.270 e. The predicted octanol–water partition coefficient (Wildman–Crippen LogP) is 5.76. The number of aromatic amines is 1. The van der Waals surface area contributed by atoms with Gasteiger partial charge in [-0.3, -0.25) is 9.78 Å². The van der Waals surface area contributed by atoms with Gasteiger partial charge in [0.1, 0.15) is 18.2 Å². The molecule has 1 aromatic heterocycles. The molecule has 0 spiro atoms. The number of hydrazone groups is 1. The van der Waals surface area contributed by atoms with Gasteiger partial charge >= 0.3 is 0 Å². The van der Waals surface area contributed by atoms with Crippen molar-refractivity contribution in [3.8, 4) is 28.8 Å². The average Bonchev–Trinajstić information content (AvgIpc) is 2.89. The summed E-state index contributed by atoms with van der Waals surface area (Å²) in [6.07, 6.45) is 1.53. The molecule has 0 aliphatic carbocycles. The highest BCUT2D eigenvalue weighted by molar-refractivity contribution is 9.10. The Morgan fingerprint density at radius 1 is 1.19 bits per heavy atom. The first-order chi connectivity index (χ1) is 17.5. The highest BCUT2D eigenvalue weighted by Crippen LogP contribution is 2.37. The molecule has 0 saturated heterocycles. The molecule has 0 atom stereocenters. The van der Waals surface area contributed by atoms with Crippen molar-refractivity contribution in [3.63, 3.8) is 0 Å². The number of anilines is 1. The molecule has 0 aliphatic heterocycles. The van der Waals surface area contributed by atoms with Crippen LogP contribution in [-0.2, 0) is 6.61 Å². The molecule has 0 unspecified atom stereocenters. The Morgan fingerprint density at radius 2 is 1.94 bits per heavy atom. The van der Waals surface area contributed by atoms with E-state index in [0.29, 0.717) is 32.1 Å². The molecule has 0 amide bonds. The number of hydrogen-bond acceptors (Lipinski definition) is 7. The molecule has 36 heavy (non-hydrogen) atoms. The van der Waals surface area contributed by atoms with E-state index in [-0.39, 0.29) is 23.8 Å². The van der Waals surface area contributed by atoms with Gasteiger partial charge in [-0.2, -0.15) is 10.4 Å². The Morgan fingerprint density at radius 3 is 2.67 bits per heavy atom. The molecule has 0 bridgehead atoms. The van der Waals surface area contributed by atoms with Gasteiger partial charge in [-0.25, -0.2) is 10.4 Å². The van der Waals surface area contributed by atoms with Gasteiger partial charge in [-0.05, 0) is 39.7 Å². The van der Waals surface area contributed by atoms with Crippen molar-refractivity contribution >= 4 is 39.7 Å². The van der Waals surface area contributed by atoms with Crippen LogP contribution in [0.15, 0.2) is 81.1 Å². The van der Waals surface area contributed by atoms with Gasteiger partial charge in [-0.15, -0.1) is 0 Å². The van der Waals surface area contributed by atoms with Crippen molar-refractivity contribution in [2.24, 2.45) is 5.10 Å². The van der Waals surface area contributed by atoms with Crippen molar-refractivity contribution in [1.82, 2.24) is 9.97 Å². The van der Waals surface area contributed by atoms with E-state index in [9.17, 15) is 10.1 Å². The number of aromatic nitrogens is 2. The highest BCUT2D eigenvalue weighted by Gasteiger charge is 2.14. The smallest absolute Gasteiger partial charge is 0.270 e. The van der Waals surface area contributed by atoms with Gasteiger partial charge in [0, 0.05) is 16.1 Å². The number of methoxy groups -OCH3 is 1. The molecular formula is C26H19BrClN5O3. The van der Waals surface area contributed by atoms with E-state index in [0.717, 1.165) is 5.56 Å². The maximum atomic E-state index is 12.4. The van der Waals surface area contributed by atoms with E-state index >= 15 is 0 Å². The first-order valence-corrected chi connectivity index (χ1v) is 11.8. The van der Waals surface area contributed by atoms with Crippen molar-refractivity contribution in [2.45, 2.75) is 6.61 Å². The molecule has 8 nitrogen and oxygen atoms in total. The normalized spacial score (nSPS) is 10.7. The summed E-state index contributed by atoms with van der Waals surface area (Å²) in [5.41, 5.74) is 4.53. The number of hydrogen-bond donors (Lipinski definition) is 2. The van der Waals surface area contributed by atoms with Gasteiger partial charge in [0.25, 0.3) is 5.56 Å². The van der Waals surface area contributed by atoms with Crippen LogP contribution in [0, 0.1) is 11.3 Å². The van der Waals surface area contributed by atoms with Gasteiger partial charge in [0.2, 0.25) is 5.95 Å². The summed E-state index contributed by atoms with van der Waals surface area (Å²) < 4.78 is 12.1. The minimum absolute atomic E-state index is 0.0724. The summed E-state index contributed by atoms with van der Waals surface area (Å²) in [5.74, 6) is 1.11. The molecule has 3 aromatic carbocycles. The van der Waals surface area contributed by atoms with Crippen molar-refractivity contribution < 1.29 is 9.47 Å². The van der Waals surface area contributed by atoms with Gasteiger partial charge in [0.05, 0.1) is 23.5 Å². The first-order valence-electron chi connectivity index (χ1n) is 10.6. The fraction of sp³-hybridized carbons (Fsp3) is 0.0769. The second-order valence-corrected chi connectivity index (χ2v) is 8.66. The largest absolute Gasteiger partial charge is 0.493 e. The van der Waals surface area contributed by atoms with E-state index in [2.05, 4.69) is 36.4 Å². The van der Waals surface area contributed by atoms with Crippen LogP contribution < -0.4 is 20.5 Å². The molecule has 0 radical (unpaired) electrons. The lowest BCUT2D eigenvalue weighted by Gasteiger charge is -2.14. The molecule has 180 valence electrons. The van der Waals surface area contributed by atoms with Crippen LogP contribution in [0.4, 0.5) is 5.95 Å². The lowest BCUT2D eigenvalue weighted by atomic mass is 10.1. The lowest BCUT2D eigenvalue weighted by molar-refractivity contribution is 0.282. The molecule has 2 N–H and O–H groups in total. The van der Waals surface area contributed by atoms with Crippen molar-refractivity contribution in [3.05, 3.63) is 103 Å². The predicted molar refractivity (Wildman–Crippen MR) is 143 cm³/mol. The third-order valence-corrected chi connectivity index (χ3v) is 6.00. The van der Waals surface area contributed by atoms with Crippen molar-refractivity contribution in [1.29, 1.82) is 5.26 Å². The van der Waals surface area contributed by atoms with E-state index in [1.165, 1.54) is 6.21 Å². The number of nitriles is 1.